The van der Waals surface area contributed by atoms with Crippen molar-refractivity contribution in [3.8, 4) is 17.2 Å². The number of oxime groups is 1. The number of fused-ring (bicyclic) bond motifs is 3. The zero-order valence-electron chi connectivity index (χ0n) is 38.2. The first-order chi connectivity index (χ1) is 32.3. The number of ether oxygens (including phenoxy) is 3. The SMILES string of the molecule is C=CCO[C@@]12Oc3ccc(Oc4cccc([N+](=O)[O-])c4)cc3[C@H]3[C@H](CCCCO)[C@@H](CCCCO)C=C(C(=NOCC)C[C@@H]1N(Cc1cccc4ccccc14)C(=O)CCC1CCCC1)[C@H]32. The molecule has 2 N–H and O–H groups in total. The zero-order chi connectivity index (χ0) is 46.0. The summed E-state index contributed by atoms with van der Waals surface area (Å²) in [5, 5.41) is 38.8. The van der Waals surface area contributed by atoms with Crippen molar-refractivity contribution >= 4 is 28.1 Å². The van der Waals surface area contributed by atoms with Crippen LogP contribution in [0.25, 0.3) is 10.8 Å². The van der Waals surface area contributed by atoms with E-state index in [9.17, 15) is 20.3 Å². The molecule has 0 bridgehead atoms. The smallest absolute Gasteiger partial charge is 0.273 e. The molecule has 2 saturated carbocycles. The van der Waals surface area contributed by atoms with Crippen LogP contribution in [0, 0.1) is 33.8 Å². The van der Waals surface area contributed by atoms with Crippen molar-refractivity contribution in [2.45, 2.75) is 115 Å². The quantitative estimate of drug-likeness (QED) is 0.0340. The number of hydrogen-bond donors (Lipinski definition) is 2. The molecule has 0 spiro atoms. The van der Waals surface area contributed by atoms with Crippen molar-refractivity contribution in [3.05, 3.63) is 130 Å². The lowest BCUT2D eigenvalue weighted by Crippen LogP contribution is -2.70. The van der Waals surface area contributed by atoms with Crippen LogP contribution in [0.15, 0.2) is 114 Å². The third kappa shape index (κ3) is 10.1. The highest BCUT2D eigenvalue weighted by Crippen LogP contribution is 2.62. The number of allylic oxidation sites excluding steroid dienone is 1. The lowest BCUT2D eigenvalue weighted by molar-refractivity contribution is -0.384. The second-order valence-corrected chi connectivity index (χ2v) is 18.4. The number of aliphatic hydroxyl groups excluding tert-OH is 2. The largest absolute Gasteiger partial charge is 0.459 e. The van der Waals surface area contributed by atoms with E-state index in [2.05, 4.69) is 43.0 Å². The van der Waals surface area contributed by atoms with Crippen LogP contribution in [0.2, 0.25) is 0 Å². The zero-order valence-corrected chi connectivity index (χ0v) is 38.2. The molecule has 1 heterocycles. The molecule has 0 unspecified atom stereocenters. The number of aliphatic hydroxyl groups is 2. The highest BCUT2D eigenvalue weighted by molar-refractivity contribution is 6.03. The van der Waals surface area contributed by atoms with Gasteiger partial charge in [0.15, 0.2) is 0 Å². The van der Waals surface area contributed by atoms with Crippen molar-refractivity contribution < 1.29 is 39.0 Å². The number of unbranched alkanes of at least 4 members (excludes halogenated alkanes) is 2. The Bertz CT molecular complexity index is 2390. The molecule has 1 aliphatic heterocycles. The molecule has 0 aromatic heterocycles. The molecule has 8 rings (SSSR count). The van der Waals surface area contributed by atoms with Gasteiger partial charge in [-0.2, -0.15) is 0 Å². The molecule has 4 aliphatic rings. The maximum atomic E-state index is 15.4. The molecule has 12 heteroatoms. The molecule has 350 valence electrons. The van der Waals surface area contributed by atoms with Gasteiger partial charge in [0, 0.05) is 50.1 Å². The molecular weight excluding hydrogens is 835 g/mol. The molecule has 4 aromatic carbocycles. The average Bonchev–Trinajstić information content (AvgIpc) is 3.86. The standard InChI is InChI=1S/C54H65N3O9/c1-3-31-63-54-50(56(51(60)28-25-37-15-5-6-16-37)36-40-20-13-19-38-17-7-8-23-44(38)40)35-48(55-64-4-2)46-32-39(18-9-11-29-58)45(24-10-12-30-59)52(53(46)54)47-34-43(26-27-49(47)66-54)65-42-22-14-21-41(33-42)57(61)62/h3,7-8,13-14,17,19-23,26-27,32-34,37,39,45,50,52-53,58-59H,1,4-6,9-12,15-16,18,24-25,28-31,35-36H2,2H3/t39-,45+,50-,52+,53+,54+/m0/s1. The molecule has 2 fully saturated rings. The Morgan fingerprint density at radius 3 is 2.48 bits per heavy atom. The Balaban J connectivity index is 1.33. The van der Waals surface area contributed by atoms with Crippen LogP contribution in [0.5, 0.6) is 17.2 Å². The monoisotopic (exact) mass is 899 g/mol. The van der Waals surface area contributed by atoms with Crippen LogP contribution >= 0.6 is 0 Å². The van der Waals surface area contributed by atoms with E-state index in [1.54, 1.807) is 18.2 Å². The minimum Gasteiger partial charge on any atom is -0.459 e. The summed E-state index contributed by atoms with van der Waals surface area (Å²) in [6, 6.07) is 25.8. The molecular formula is C54H65N3O9. The lowest BCUT2D eigenvalue weighted by Gasteiger charge is -2.60. The van der Waals surface area contributed by atoms with E-state index in [0.29, 0.717) is 62.0 Å². The predicted molar refractivity (Wildman–Crippen MR) is 255 cm³/mol. The first-order valence-electron chi connectivity index (χ1n) is 24.2. The fourth-order valence-electron chi connectivity index (χ4n) is 11.4. The highest BCUT2D eigenvalue weighted by atomic mass is 16.7. The van der Waals surface area contributed by atoms with Crippen LogP contribution in [-0.2, 0) is 20.9 Å². The third-order valence-electron chi connectivity index (χ3n) is 14.4. The van der Waals surface area contributed by atoms with Crippen molar-refractivity contribution in [3.63, 3.8) is 0 Å². The van der Waals surface area contributed by atoms with Crippen LogP contribution < -0.4 is 9.47 Å². The maximum absolute atomic E-state index is 15.4. The van der Waals surface area contributed by atoms with Gasteiger partial charge in [-0.15, -0.1) is 6.58 Å². The Hall–Kier alpha value is -5.56. The second kappa shape index (κ2) is 21.8. The van der Waals surface area contributed by atoms with E-state index in [-0.39, 0.29) is 49.2 Å². The summed E-state index contributed by atoms with van der Waals surface area (Å²) in [6.07, 6.45) is 14.8. The number of carbonyl (C=O) groups is 1. The van der Waals surface area contributed by atoms with E-state index in [0.717, 1.165) is 78.1 Å². The van der Waals surface area contributed by atoms with Crippen molar-refractivity contribution in [1.82, 2.24) is 4.90 Å². The summed E-state index contributed by atoms with van der Waals surface area (Å²) in [5.41, 5.74) is 3.56. The number of benzene rings is 4. The highest BCUT2D eigenvalue weighted by Gasteiger charge is 2.65. The minimum atomic E-state index is -1.41. The molecule has 4 aromatic rings. The minimum absolute atomic E-state index is 0.0168. The number of nitro groups is 1. The van der Waals surface area contributed by atoms with Crippen molar-refractivity contribution in [2.24, 2.45) is 28.8 Å². The molecule has 12 nitrogen and oxygen atoms in total. The molecule has 1 amide bonds. The molecule has 0 radical (unpaired) electrons. The Labute approximate surface area is 388 Å². The summed E-state index contributed by atoms with van der Waals surface area (Å²) in [7, 11) is 0. The van der Waals surface area contributed by atoms with Gasteiger partial charge < -0.3 is 34.2 Å². The van der Waals surface area contributed by atoms with Gasteiger partial charge in [0.05, 0.1) is 29.2 Å². The van der Waals surface area contributed by atoms with Gasteiger partial charge in [0.1, 0.15) is 29.9 Å². The van der Waals surface area contributed by atoms with Crippen LogP contribution in [-0.4, -0.2) is 69.9 Å². The maximum Gasteiger partial charge on any atom is 0.273 e. The van der Waals surface area contributed by atoms with E-state index >= 15 is 4.79 Å². The molecule has 3 aliphatic carbocycles. The molecule has 66 heavy (non-hydrogen) atoms. The average molecular weight is 900 g/mol. The third-order valence-corrected chi connectivity index (χ3v) is 14.4. The number of rotatable bonds is 22. The normalized spacial score (nSPS) is 24.0. The topological polar surface area (TPSA) is 153 Å². The van der Waals surface area contributed by atoms with Crippen LogP contribution in [0.4, 0.5) is 5.69 Å². The number of nitro benzene ring substituents is 1. The predicted octanol–water partition coefficient (Wildman–Crippen LogP) is 11.2. The van der Waals surface area contributed by atoms with E-state index in [1.807, 2.05) is 42.2 Å². The number of hydrogen-bond acceptors (Lipinski definition) is 10. The molecule has 0 saturated heterocycles. The van der Waals surface area contributed by atoms with Gasteiger partial charge in [-0.05, 0) is 103 Å². The van der Waals surface area contributed by atoms with E-state index in [4.69, 9.17) is 24.2 Å². The summed E-state index contributed by atoms with van der Waals surface area (Å²) < 4.78 is 21.2. The summed E-state index contributed by atoms with van der Waals surface area (Å²) in [6.45, 7) is 7.01. The first-order valence-corrected chi connectivity index (χ1v) is 24.2. The van der Waals surface area contributed by atoms with Gasteiger partial charge in [-0.3, -0.25) is 14.9 Å². The Morgan fingerprint density at radius 1 is 0.955 bits per heavy atom. The summed E-state index contributed by atoms with van der Waals surface area (Å²) >= 11 is 0. The second-order valence-electron chi connectivity index (χ2n) is 18.4. The van der Waals surface area contributed by atoms with Gasteiger partial charge >= 0.3 is 0 Å². The van der Waals surface area contributed by atoms with Crippen molar-refractivity contribution in [2.75, 3.05) is 26.4 Å². The van der Waals surface area contributed by atoms with Gasteiger partial charge in [0.2, 0.25) is 11.7 Å². The van der Waals surface area contributed by atoms with Crippen molar-refractivity contribution in [1.29, 1.82) is 0 Å². The number of amides is 1. The Morgan fingerprint density at radius 2 is 1.71 bits per heavy atom. The van der Waals surface area contributed by atoms with E-state index in [1.165, 1.54) is 25.0 Å². The Kier molecular flexibility index (Phi) is 15.5. The van der Waals surface area contributed by atoms with Gasteiger partial charge in [-0.1, -0.05) is 104 Å². The van der Waals surface area contributed by atoms with Gasteiger partial charge in [0.25, 0.3) is 5.69 Å². The number of carbonyl (C=O) groups excluding carboxylic acids is 1. The summed E-state index contributed by atoms with van der Waals surface area (Å²) in [5.74, 6) is -0.104. The fraction of sp³-hybridized carbons (Fsp3) is 0.481. The number of non-ortho nitro benzene ring substituents is 1. The van der Waals surface area contributed by atoms with Crippen LogP contribution in [0.1, 0.15) is 107 Å². The number of nitrogens with zero attached hydrogens (tertiary/aromatic N) is 3. The fourth-order valence-corrected chi connectivity index (χ4v) is 11.4. The molecule has 6 atom stereocenters. The van der Waals surface area contributed by atoms with Gasteiger partial charge in [-0.25, -0.2) is 0 Å². The van der Waals surface area contributed by atoms with Crippen LogP contribution in [0.3, 0.4) is 0 Å². The lowest BCUT2D eigenvalue weighted by atomic mass is 9.55. The summed E-state index contributed by atoms with van der Waals surface area (Å²) in [4.78, 5) is 34.7. The first kappa shape index (κ1) is 47.0. The van der Waals surface area contributed by atoms with E-state index < -0.39 is 22.7 Å².